The number of hydrazone groups is 1. The molecule has 0 atom stereocenters. The molecule has 0 aromatic heterocycles. The number of carbonyl (C=O) groups is 2. The summed E-state index contributed by atoms with van der Waals surface area (Å²) in [7, 11) is 0. The van der Waals surface area contributed by atoms with Gasteiger partial charge in [-0.1, -0.05) is 59.6 Å². The molecular formula is C30H32ClN3O4. The average Bonchev–Trinajstić information content (AvgIpc) is 2.90. The van der Waals surface area contributed by atoms with Crippen molar-refractivity contribution in [2.45, 2.75) is 39.7 Å². The summed E-state index contributed by atoms with van der Waals surface area (Å²) in [6.07, 6.45) is 3.86. The van der Waals surface area contributed by atoms with Crippen LogP contribution in [0.3, 0.4) is 0 Å². The molecule has 0 aliphatic rings. The van der Waals surface area contributed by atoms with Crippen LogP contribution in [0.2, 0.25) is 5.02 Å². The second-order valence-corrected chi connectivity index (χ2v) is 8.94. The third-order valence-electron chi connectivity index (χ3n) is 5.45. The van der Waals surface area contributed by atoms with Crippen LogP contribution in [0.1, 0.15) is 42.0 Å². The van der Waals surface area contributed by atoms with Gasteiger partial charge in [0, 0.05) is 18.4 Å². The molecule has 3 rings (SSSR count). The first kappa shape index (κ1) is 28.5. The van der Waals surface area contributed by atoms with Crippen molar-refractivity contribution in [3.8, 4) is 11.5 Å². The van der Waals surface area contributed by atoms with Crippen LogP contribution in [0, 0.1) is 6.92 Å². The Bertz CT molecular complexity index is 1290. The number of aryl methyl sites for hydroxylation is 1. The lowest BCUT2D eigenvalue weighted by molar-refractivity contribution is -0.124. The molecule has 0 spiro atoms. The van der Waals surface area contributed by atoms with Gasteiger partial charge in [-0.2, -0.15) is 5.10 Å². The molecule has 0 heterocycles. The quantitative estimate of drug-likeness (QED) is 0.155. The van der Waals surface area contributed by atoms with Crippen LogP contribution in [0.4, 0.5) is 5.69 Å². The minimum Gasteiger partial charge on any atom is -0.490 e. The van der Waals surface area contributed by atoms with E-state index in [2.05, 4.69) is 22.4 Å². The third-order valence-corrected chi connectivity index (χ3v) is 5.78. The molecule has 198 valence electrons. The van der Waals surface area contributed by atoms with Crippen molar-refractivity contribution >= 4 is 35.3 Å². The van der Waals surface area contributed by atoms with Crippen LogP contribution in [0.5, 0.6) is 11.5 Å². The number of benzene rings is 3. The first-order chi connectivity index (χ1) is 18.4. The predicted molar refractivity (Wildman–Crippen MR) is 152 cm³/mol. The van der Waals surface area contributed by atoms with Crippen molar-refractivity contribution in [1.82, 2.24) is 5.43 Å². The summed E-state index contributed by atoms with van der Waals surface area (Å²) in [4.78, 5) is 24.3. The third kappa shape index (κ3) is 8.78. The fourth-order valence-corrected chi connectivity index (χ4v) is 3.75. The first-order valence-electron chi connectivity index (χ1n) is 12.3. The minimum absolute atomic E-state index is 0.00241. The number of amides is 2. The van der Waals surface area contributed by atoms with Crippen LogP contribution >= 0.6 is 11.6 Å². The summed E-state index contributed by atoms with van der Waals surface area (Å²) < 4.78 is 12.0. The number of hydrogen-bond donors (Lipinski definition) is 2. The number of halogens is 1. The van der Waals surface area contributed by atoms with Crippen molar-refractivity contribution in [1.29, 1.82) is 0 Å². The van der Waals surface area contributed by atoms with Gasteiger partial charge in [0.15, 0.2) is 11.5 Å². The Morgan fingerprint density at radius 3 is 2.47 bits per heavy atom. The maximum absolute atomic E-state index is 12.2. The van der Waals surface area contributed by atoms with E-state index < -0.39 is 0 Å². The molecule has 0 aliphatic carbocycles. The number of allylic oxidation sites excluding steroid dienone is 1. The van der Waals surface area contributed by atoms with Crippen molar-refractivity contribution in [2.24, 2.45) is 5.10 Å². The number of nitrogens with one attached hydrogen (secondary N) is 2. The maximum atomic E-state index is 12.2. The number of para-hydroxylation sites is 1. The highest BCUT2D eigenvalue weighted by Gasteiger charge is 2.14. The van der Waals surface area contributed by atoms with Crippen molar-refractivity contribution in [3.05, 3.63) is 101 Å². The summed E-state index contributed by atoms with van der Waals surface area (Å²) in [5, 5.41) is 7.18. The van der Waals surface area contributed by atoms with Gasteiger partial charge in [-0.3, -0.25) is 9.59 Å². The Balaban J connectivity index is 1.62. The van der Waals surface area contributed by atoms with Gasteiger partial charge in [0.2, 0.25) is 11.8 Å². The van der Waals surface area contributed by atoms with Gasteiger partial charge in [0.05, 0.1) is 23.5 Å². The SMILES string of the molecule is C=CCc1cc(C=NNC(=O)CCC(=O)Nc2ccccc2Cl)cc(OCC)c1OCc1ccc(C)cc1. The van der Waals surface area contributed by atoms with E-state index in [1.54, 1.807) is 30.3 Å². The normalized spacial score (nSPS) is 10.7. The number of carbonyl (C=O) groups excluding carboxylic acids is 2. The van der Waals surface area contributed by atoms with Crippen LogP contribution < -0.4 is 20.2 Å². The molecular weight excluding hydrogens is 502 g/mol. The molecule has 2 amide bonds. The molecule has 0 bridgehead atoms. The van der Waals surface area contributed by atoms with Gasteiger partial charge in [0.1, 0.15) is 6.61 Å². The van der Waals surface area contributed by atoms with Crippen LogP contribution in [-0.2, 0) is 22.6 Å². The van der Waals surface area contributed by atoms with Gasteiger partial charge in [0.25, 0.3) is 0 Å². The Kier molecular flexibility index (Phi) is 10.9. The lowest BCUT2D eigenvalue weighted by Crippen LogP contribution is -2.20. The molecule has 3 aromatic rings. The van der Waals surface area contributed by atoms with E-state index in [1.807, 2.05) is 50.2 Å². The minimum atomic E-state index is -0.384. The van der Waals surface area contributed by atoms with Crippen LogP contribution in [0.25, 0.3) is 0 Å². The fourth-order valence-electron chi connectivity index (χ4n) is 3.57. The maximum Gasteiger partial charge on any atom is 0.240 e. The van der Waals surface area contributed by atoms with Crippen LogP contribution in [-0.4, -0.2) is 24.6 Å². The monoisotopic (exact) mass is 533 g/mol. The fraction of sp³-hybridized carbons (Fsp3) is 0.233. The van der Waals surface area contributed by atoms with Gasteiger partial charge in [-0.25, -0.2) is 5.43 Å². The number of hydrogen-bond acceptors (Lipinski definition) is 5. The van der Waals surface area contributed by atoms with E-state index in [1.165, 1.54) is 11.8 Å². The number of ether oxygens (including phenoxy) is 2. The van der Waals surface area contributed by atoms with E-state index in [9.17, 15) is 9.59 Å². The van der Waals surface area contributed by atoms with Crippen molar-refractivity contribution in [2.75, 3.05) is 11.9 Å². The predicted octanol–water partition coefficient (Wildman–Crippen LogP) is 6.22. The molecule has 2 N–H and O–H groups in total. The zero-order valence-electron chi connectivity index (χ0n) is 21.6. The van der Waals surface area contributed by atoms with Crippen molar-refractivity contribution in [3.63, 3.8) is 0 Å². The van der Waals surface area contributed by atoms with E-state index in [-0.39, 0.29) is 24.7 Å². The number of rotatable bonds is 13. The van der Waals surface area contributed by atoms with Gasteiger partial charge < -0.3 is 14.8 Å². The van der Waals surface area contributed by atoms with E-state index >= 15 is 0 Å². The summed E-state index contributed by atoms with van der Waals surface area (Å²) in [6.45, 7) is 8.66. The Labute approximate surface area is 228 Å². The zero-order chi connectivity index (χ0) is 27.3. The summed E-state index contributed by atoms with van der Waals surface area (Å²) >= 11 is 6.04. The lowest BCUT2D eigenvalue weighted by atomic mass is 10.1. The van der Waals surface area contributed by atoms with Gasteiger partial charge in [-0.05, 0) is 55.7 Å². The lowest BCUT2D eigenvalue weighted by Gasteiger charge is -2.17. The van der Waals surface area contributed by atoms with E-state index in [0.29, 0.717) is 41.8 Å². The number of anilines is 1. The highest BCUT2D eigenvalue weighted by molar-refractivity contribution is 6.33. The summed E-state index contributed by atoms with van der Waals surface area (Å²) in [5.41, 5.74) is 6.82. The zero-order valence-corrected chi connectivity index (χ0v) is 22.4. The largest absolute Gasteiger partial charge is 0.490 e. The molecule has 3 aromatic carbocycles. The highest BCUT2D eigenvalue weighted by atomic mass is 35.5. The molecule has 7 nitrogen and oxygen atoms in total. The van der Waals surface area contributed by atoms with Crippen molar-refractivity contribution < 1.29 is 19.1 Å². The molecule has 0 aliphatic heterocycles. The first-order valence-corrected chi connectivity index (χ1v) is 12.7. The topological polar surface area (TPSA) is 89.0 Å². The standard InChI is InChI=1S/C30H32ClN3O4/c1-4-8-24-17-23(18-27(37-5-2)30(24)38-20-22-13-11-21(3)12-14-22)19-32-34-29(36)16-15-28(35)33-26-10-7-6-9-25(26)31/h4,6-7,9-14,17-19H,1,5,8,15-16,20H2,2-3H3,(H,33,35)(H,34,36). The Hall–Kier alpha value is -4.10. The second-order valence-electron chi connectivity index (χ2n) is 8.53. The van der Waals surface area contributed by atoms with Gasteiger partial charge >= 0.3 is 0 Å². The van der Waals surface area contributed by atoms with E-state index in [0.717, 1.165) is 16.7 Å². The molecule has 0 saturated carbocycles. The smallest absolute Gasteiger partial charge is 0.240 e. The van der Waals surface area contributed by atoms with Gasteiger partial charge in [-0.15, -0.1) is 6.58 Å². The molecule has 0 radical (unpaired) electrons. The molecule has 38 heavy (non-hydrogen) atoms. The molecule has 0 fully saturated rings. The highest BCUT2D eigenvalue weighted by Crippen LogP contribution is 2.34. The summed E-state index contributed by atoms with van der Waals surface area (Å²) in [6, 6.07) is 18.8. The average molecular weight is 534 g/mol. The molecule has 8 heteroatoms. The van der Waals surface area contributed by atoms with E-state index in [4.69, 9.17) is 21.1 Å². The summed E-state index contributed by atoms with van der Waals surface area (Å²) in [5.74, 6) is 0.542. The Morgan fingerprint density at radius 2 is 1.76 bits per heavy atom. The van der Waals surface area contributed by atoms with Crippen LogP contribution in [0.15, 0.2) is 78.4 Å². The second kappa shape index (κ2) is 14.6. The Morgan fingerprint density at radius 1 is 1.03 bits per heavy atom. The molecule has 0 unspecified atom stereocenters. The number of nitrogens with zero attached hydrogens (tertiary/aromatic N) is 1. The molecule has 0 saturated heterocycles.